The number of aliphatic hydroxyl groups excluding tert-OH is 1. The Balaban J connectivity index is 0.000000197. The van der Waals surface area contributed by atoms with Crippen molar-refractivity contribution in [1.82, 2.24) is 4.90 Å². The number of carbonyl (C=O) groups is 5. The van der Waals surface area contributed by atoms with E-state index in [9.17, 15) is 29.1 Å². The van der Waals surface area contributed by atoms with Gasteiger partial charge in [-0.25, -0.2) is 5.26 Å². The third-order valence-corrected chi connectivity index (χ3v) is 27.9. The number of carbonyl (C=O) groups excluding carboxylic acids is 5. The number of fused-ring (bicyclic) bond motifs is 14. The summed E-state index contributed by atoms with van der Waals surface area (Å²) in [7, 11) is 3.00. The van der Waals surface area contributed by atoms with Crippen LogP contribution in [-0.2, 0) is 42.8 Å². The molecule has 0 saturated heterocycles. The Morgan fingerprint density at radius 3 is 1.34 bits per heavy atom. The third-order valence-electron chi connectivity index (χ3n) is 27.7. The molecule has 0 aromatic rings. The number of rotatable bonds is 7. The van der Waals surface area contributed by atoms with Gasteiger partial charge >= 0.3 is 11.9 Å². The van der Waals surface area contributed by atoms with Crippen LogP contribution in [-0.4, -0.2) is 90.8 Å². The van der Waals surface area contributed by atoms with Crippen molar-refractivity contribution in [3.63, 3.8) is 0 Å². The second kappa shape index (κ2) is 23.3. The highest BCUT2D eigenvalue weighted by Gasteiger charge is 2.72. The summed E-state index contributed by atoms with van der Waals surface area (Å²) >= 11 is 0.929. The fourth-order valence-electron chi connectivity index (χ4n) is 21.7. The molecule has 466 valence electrons. The monoisotopic (exact) mass is 1160 g/mol. The number of esters is 2. The molecule has 0 spiro atoms. The molecule has 2 N–H and O–H groups in total. The first kappa shape index (κ1) is 67.1. The first-order chi connectivity index (χ1) is 37.9. The van der Waals surface area contributed by atoms with Crippen LogP contribution in [0.1, 0.15) is 233 Å². The molecule has 0 bridgehead atoms. The van der Waals surface area contributed by atoms with Crippen molar-refractivity contribution >= 4 is 41.3 Å². The Bertz CT molecular complexity index is 2490. The van der Waals surface area contributed by atoms with E-state index in [-0.39, 0.29) is 108 Å². The number of methoxy groups -OCH3 is 2. The summed E-state index contributed by atoms with van der Waals surface area (Å²) < 4.78 is 14.3. The van der Waals surface area contributed by atoms with E-state index in [0.717, 1.165) is 121 Å². The second-order valence-electron chi connectivity index (χ2n) is 31.9. The fourth-order valence-corrected chi connectivity index (χ4v) is 21.8. The van der Waals surface area contributed by atoms with Gasteiger partial charge in [-0.3, -0.25) is 24.0 Å². The number of ketones is 3. The number of nitrogens with zero attached hydrogens (tertiary/aromatic N) is 1. The lowest BCUT2D eigenvalue weighted by molar-refractivity contribution is -0.432. The molecule has 10 aliphatic rings. The van der Waals surface area contributed by atoms with Gasteiger partial charge in [-0.2, -0.15) is 0 Å². The maximum atomic E-state index is 14.3. The average Bonchev–Trinajstić information content (AvgIpc) is 0.755. The van der Waals surface area contributed by atoms with Gasteiger partial charge in [-0.1, -0.05) is 120 Å². The number of hydrogen-bond acceptors (Lipinski definition) is 13. The van der Waals surface area contributed by atoms with Gasteiger partial charge in [0.2, 0.25) is 0 Å². The molecule has 82 heavy (non-hydrogen) atoms. The molecule has 0 heterocycles. The molecule has 17 atom stereocenters. The van der Waals surface area contributed by atoms with Gasteiger partial charge in [0.05, 0.1) is 31.2 Å². The highest BCUT2D eigenvalue weighted by molar-refractivity contribution is 7.93. The van der Waals surface area contributed by atoms with Crippen LogP contribution in [0.3, 0.4) is 0 Å². The fraction of sp³-hybridized carbons (Fsp3) is 0.870. The van der Waals surface area contributed by atoms with E-state index in [1.165, 1.54) is 45.0 Å². The lowest BCUT2D eigenvalue weighted by atomic mass is 9.33. The zero-order valence-corrected chi connectivity index (χ0v) is 55.8. The summed E-state index contributed by atoms with van der Waals surface area (Å²) in [4.78, 5) is 69.5. The molecule has 10 aliphatic carbocycles. The molecule has 13 heteroatoms. The van der Waals surface area contributed by atoms with Crippen LogP contribution in [0.25, 0.3) is 0 Å². The lowest BCUT2D eigenvalue weighted by Crippen LogP contribution is -2.66. The minimum absolute atomic E-state index is 0.00536. The zero-order valence-electron chi connectivity index (χ0n) is 55.0. The van der Waals surface area contributed by atoms with Gasteiger partial charge < -0.3 is 19.5 Å². The van der Waals surface area contributed by atoms with E-state index in [0.29, 0.717) is 23.9 Å². The van der Waals surface area contributed by atoms with E-state index in [4.69, 9.17) is 14.7 Å². The summed E-state index contributed by atoms with van der Waals surface area (Å²) in [6, 6.07) is 0. The highest BCUT2D eigenvalue weighted by Crippen LogP contribution is 2.77. The minimum Gasteiger partial charge on any atom is -0.469 e. The SMILES string of the molecule is CCN(CC)CC.COC(=O)[C@@]1(C)CC[C@]2(C)CC[C@]3(C)C(=CC(=O)[C@@H]4[C@@]5(C)CCC(=O)C(C)(C)[C@@H]5CC[C@]43C)[C@@H]2C1.COC(=O)[C@@]1(C)CC[C@]2(C)CC[C@]3(C)C(=CC(=O)[C@@H]4[C@@]5(C)CC[C@H](O)C(C)(C)[C@@H]5CC[C@]43C)[C@@H]2C1.CSOOO. The molecule has 0 aromatic carbocycles. The summed E-state index contributed by atoms with van der Waals surface area (Å²) in [6.07, 6.45) is 22.5. The van der Waals surface area contributed by atoms with Crippen molar-refractivity contribution in [1.29, 1.82) is 0 Å². The van der Waals surface area contributed by atoms with Crippen LogP contribution in [0.15, 0.2) is 23.3 Å². The number of ether oxygens (including phenoxy) is 2. The van der Waals surface area contributed by atoms with Crippen LogP contribution in [0.5, 0.6) is 0 Å². The first-order valence-corrected chi connectivity index (χ1v) is 33.2. The van der Waals surface area contributed by atoms with Crippen LogP contribution in [0.4, 0.5) is 0 Å². The maximum absolute atomic E-state index is 14.3. The largest absolute Gasteiger partial charge is 0.469 e. The Hall–Kier alpha value is -2.42. The second-order valence-corrected chi connectivity index (χ2v) is 32.4. The van der Waals surface area contributed by atoms with Gasteiger partial charge in [-0.05, 0) is 227 Å². The molecular weight excluding hydrogens is 1050 g/mol. The molecular formula is C69H113NO11S. The molecule has 8 fully saturated rings. The highest BCUT2D eigenvalue weighted by atomic mass is 32.2. The summed E-state index contributed by atoms with van der Waals surface area (Å²) in [6.45, 7) is 42.2. The minimum atomic E-state index is -0.490. The summed E-state index contributed by atoms with van der Waals surface area (Å²) in [5.41, 5.74) is 0.834. The van der Waals surface area contributed by atoms with Gasteiger partial charge in [0.25, 0.3) is 0 Å². The first-order valence-electron chi connectivity index (χ1n) is 32.1. The Morgan fingerprint density at radius 2 is 0.976 bits per heavy atom. The van der Waals surface area contributed by atoms with Gasteiger partial charge in [0.15, 0.2) is 11.6 Å². The predicted octanol–water partition coefficient (Wildman–Crippen LogP) is 15.2. The van der Waals surface area contributed by atoms with Gasteiger partial charge in [0.1, 0.15) is 5.78 Å². The third kappa shape index (κ3) is 10.4. The van der Waals surface area contributed by atoms with Crippen LogP contribution in [0, 0.1) is 100 Å². The van der Waals surface area contributed by atoms with Crippen molar-refractivity contribution in [2.45, 2.75) is 239 Å². The van der Waals surface area contributed by atoms with Crippen LogP contribution in [0.2, 0.25) is 0 Å². The van der Waals surface area contributed by atoms with Gasteiger partial charge in [0, 0.05) is 42.0 Å². The maximum Gasteiger partial charge on any atom is 0.311 e. The van der Waals surface area contributed by atoms with Crippen molar-refractivity contribution < 1.29 is 53.2 Å². The number of hydrogen-bond donors (Lipinski definition) is 2. The molecule has 8 saturated carbocycles. The Kier molecular flexibility index (Phi) is 19.0. The quantitative estimate of drug-likeness (QED) is 0.107. The van der Waals surface area contributed by atoms with E-state index >= 15 is 0 Å². The normalized spacial score (nSPS) is 45.6. The predicted molar refractivity (Wildman–Crippen MR) is 326 cm³/mol. The molecule has 12 nitrogen and oxygen atoms in total. The smallest absolute Gasteiger partial charge is 0.311 e. The molecule has 0 amide bonds. The van der Waals surface area contributed by atoms with Crippen molar-refractivity contribution in [3.8, 4) is 0 Å². The summed E-state index contributed by atoms with van der Waals surface area (Å²) in [5, 5.41) is 21.4. The summed E-state index contributed by atoms with van der Waals surface area (Å²) in [5.74, 6) is 1.78. The number of allylic oxidation sites excluding steroid dienone is 4. The van der Waals surface area contributed by atoms with Crippen molar-refractivity contribution in [2.75, 3.05) is 40.1 Å². The number of Topliss-reactive ketones (excluding diaryl/α,β-unsaturated/α-hetero) is 1. The van der Waals surface area contributed by atoms with Crippen molar-refractivity contribution in [2.24, 2.45) is 100 Å². The van der Waals surface area contributed by atoms with E-state index < -0.39 is 10.8 Å². The number of aliphatic hydroxyl groups is 1. The van der Waals surface area contributed by atoms with Crippen molar-refractivity contribution in [3.05, 3.63) is 23.3 Å². The Morgan fingerprint density at radius 1 is 0.573 bits per heavy atom. The van der Waals surface area contributed by atoms with Crippen LogP contribution < -0.4 is 0 Å². The molecule has 0 radical (unpaired) electrons. The lowest BCUT2D eigenvalue weighted by Gasteiger charge is -2.70. The molecule has 10 rings (SSSR count). The van der Waals surface area contributed by atoms with E-state index in [2.05, 4.69) is 144 Å². The molecule has 0 aliphatic heterocycles. The zero-order chi connectivity index (χ0) is 61.5. The van der Waals surface area contributed by atoms with E-state index in [1.54, 1.807) is 6.26 Å². The Labute approximate surface area is 500 Å². The molecule has 0 aromatic heterocycles. The molecule has 0 unspecified atom stereocenters. The standard InChI is InChI=1S/C31H48O4.C31H46O4.C6H15N.CH4O3S/c2*1-26(2)22-9-12-31(7)24(29(22,5)11-10-23(26)33)21(32)17-19-20-18-28(4,25(34)35-8)14-13-27(20,3)15-16-30(19,31)6;1-4-7(5-2)6-3;1-5-4-3-2/h17,20,22-24,33H,9-16,18H2,1-8H3;17,20,22,24H,9-16,18H2,1-8H3;4-6H2,1-3H3;2H,1H3/t20-,22-,23-,24+,27+,28-,29-,30+,31+;20-,22-,24+,27+,28-,29-,30+,31+;;/m00../s1. The van der Waals surface area contributed by atoms with Crippen LogP contribution >= 0.6 is 12.0 Å². The van der Waals surface area contributed by atoms with Gasteiger partial charge in [-0.15, -0.1) is 4.33 Å². The average molecular weight is 1160 g/mol. The van der Waals surface area contributed by atoms with E-state index in [1.807, 2.05) is 0 Å². The topological polar surface area (TPSA) is 166 Å².